The molecule has 0 bridgehead atoms. The van der Waals surface area contributed by atoms with Crippen LogP contribution < -0.4 is 10.1 Å². The van der Waals surface area contributed by atoms with Crippen LogP contribution in [0.2, 0.25) is 0 Å². The molecular weight excluding hydrogens is 258 g/mol. The van der Waals surface area contributed by atoms with Crippen LogP contribution in [0.5, 0.6) is 5.75 Å². The maximum Gasteiger partial charge on any atom is 0.120 e. The molecule has 1 N–H and O–H groups in total. The summed E-state index contributed by atoms with van der Waals surface area (Å²) in [5.41, 5.74) is 1.40. The van der Waals surface area contributed by atoms with Crippen molar-refractivity contribution in [3.05, 3.63) is 29.8 Å². The van der Waals surface area contributed by atoms with E-state index in [-0.39, 0.29) is 0 Å². The van der Waals surface area contributed by atoms with Crippen LogP contribution >= 0.6 is 0 Å². The van der Waals surface area contributed by atoms with Crippen LogP contribution in [0, 0.1) is 5.92 Å². The second kappa shape index (κ2) is 7.31. The fraction of sp³-hybridized carbons (Fsp3) is 0.684. The molecule has 1 aromatic carbocycles. The van der Waals surface area contributed by atoms with Gasteiger partial charge in [-0.15, -0.1) is 0 Å². The first-order chi connectivity index (χ1) is 10.3. The van der Waals surface area contributed by atoms with Crippen molar-refractivity contribution in [3.8, 4) is 5.75 Å². The van der Waals surface area contributed by atoms with Gasteiger partial charge in [0.25, 0.3) is 0 Å². The van der Waals surface area contributed by atoms with Crippen LogP contribution in [0.3, 0.4) is 0 Å². The average Bonchev–Trinajstić information content (AvgIpc) is 3.32. The van der Waals surface area contributed by atoms with E-state index in [0.29, 0.717) is 12.1 Å². The van der Waals surface area contributed by atoms with Crippen molar-refractivity contribution in [1.29, 1.82) is 0 Å². The Morgan fingerprint density at radius 2 is 1.95 bits per heavy atom. The zero-order chi connectivity index (χ0) is 14.5. The summed E-state index contributed by atoms with van der Waals surface area (Å²) in [7, 11) is 0. The Bertz CT molecular complexity index is 435. The summed E-state index contributed by atoms with van der Waals surface area (Å²) in [6, 6.07) is 9.26. The van der Waals surface area contributed by atoms with E-state index in [4.69, 9.17) is 4.74 Å². The molecule has 2 aliphatic carbocycles. The maximum absolute atomic E-state index is 5.96. The molecule has 0 spiro atoms. The van der Waals surface area contributed by atoms with E-state index >= 15 is 0 Å². The summed E-state index contributed by atoms with van der Waals surface area (Å²) < 4.78 is 5.96. The normalized spacial score (nSPS) is 21.2. The molecule has 0 heterocycles. The summed E-state index contributed by atoms with van der Waals surface area (Å²) in [5, 5.41) is 3.69. The third-order valence-corrected chi connectivity index (χ3v) is 4.83. The van der Waals surface area contributed by atoms with Gasteiger partial charge < -0.3 is 10.1 Å². The van der Waals surface area contributed by atoms with Crippen molar-refractivity contribution in [2.45, 2.75) is 70.4 Å². The molecule has 1 unspecified atom stereocenters. The van der Waals surface area contributed by atoms with Gasteiger partial charge in [0.15, 0.2) is 0 Å². The Morgan fingerprint density at radius 1 is 1.14 bits per heavy atom. The number of nitrogens with one attached hydrogen (secondary N) is 1. The lowest BCUT2D eigenvalue weighted by molar-refractivity contribution is 0.295. The van der Waals surface area contributed by atoms with Gasteiger partial charge in [-0.25, -0.2) is 0 Å². The minimum Gasteiger partial charge on any atom is -0.490 e. The lowest BCUT2D eigenvalue weighted by Gasteiger charge is -2.27. The molecule has 1 aromatic rings. The van der Waals surface area contributed by atoms with Crippen LogP contribution in [0.1, 0.15) is 69.9 Å². The highest BCUT2D eigenvalue weighted by molar-refractivity contribution is 5.31. The fourth-order valence-corrected chi connectivity index (χ4v) is 3.52. The lowest BCUT2D eigenvalue weighted by atomic mass is 9.83. The van der Waals surface area contributed by atoms with Gasteiger partial charge in [-0.05, 0) is 49.4 Å². The standard InChI is InChI=1S/C19H29NO/c1-2-20-19(13-15-7-4-3-5-8-15)16-9-6-10-18(14-16)21-17-11-12-17/h6,9-10,14-15,17,19-20H,2-5,7-8,11-13H2,1H3. The maximum atomic E-state index is 5.96. The molecule has 0 aromatic heterocycles. The van der Waals surface area contributed by atoms with Crippen molar-refractivity contribution in [2.75, 3.05) is 6.54 Å². The second-order valence-corrected chi connectivity index (χ2v) is 6.74. The zero-order valence-electron chi connectivity index (χ0n) is 13.3. The molecular formula is C19H29NO. The van der Waals surface area contributed by atoms with Crippen molar-refractivity contribution in [3.63, 3.8) is 0 Å². The van der Waals surface area contributed by atoms with Crippen molar-refractivity contribution >= 4 is 0 Å². The third-order valence-electron chi connectivity index (χ3n) is 4.83. The topological polar surface area (TPSA) is 21.3 Å². The summed E-state index contributed by atoms with van der Waals surface area (Å²) in [4.78, 5) is 0. The van der Waals surface area contributed by atoms with Crippen molar-refractivity contribution in [1.82, 2.24) is 5.32 Å². The molecule has 0 aliphatic heterocycles. The molecule has 2 nitrogen and oxygen atoms in total. The minimum atomic E-state index is 0.483. The number of hydrogen-bond donors (Lipinski definition) is 1. The Hall–Kier alpha value is -1.02. The number of hydrogen-bond acceptors (Lipinski definition) is 2. The Kier molecular flexibility index (Phi) is 5.18. The number of benzene rings is 1. The molecule has 2 fully saturated rings. The van der Waals surface area contributed by atoms with Crippen LogP contribution in [0.15, 0.2) is 24.3 Å². The first-order valence-corrected chi connectivity index (χ1v) is 8.85. The van der Waals surface area contributed by atoms with Crippen LogP contribution in [-0.4, -0.2) is 12.6 Å². The Balaban J connectivity index is 1.66. The van der Waals surface area contributed by atoms with Gasteiger partial charge in [0.1, 0.15) is 5.75 Å². The minimum absolute atomic E-state index is 0.483. The van der Waals surface area contributed by atoms with Crippen molar-refractivity contribution in [2.24, 2.45) is 5.92 Å². The van der Waals surface area contributed by atoms with E-state index in [2.05, 4.69) is 36.5 Å². The molecule has 2 saturated carbocycles. The van der Waals surface area contributed by atoms with E-state index in [1.54, 1.807) is 0 Å². The van der Waals surface area contributed by atoms with Crippen LogP contribution in [0.4, 0.5) is 0 Å². The smallest absolute Gasteiger partial charge is 0.120 e. The van der Waals surface area contributed by atoms with Crippen molar-refractivity contribution < 1.29 is 4.74 Å². The number of rotatable bonds is 7. The molecule has 0 saturated heterocycles. The first-order valence-electron chi connectivity index (χ1n) is 8.85. The Morgan fingerprint density at radius 3 is 2.67 bits per heavy atom. The monoisotopic (exact) mass is 287 g/mol. The predicted octanol–water partition coefficient (Wildman–Crippen LogP) is 4.85. The highest BCUT2D eigenvalue weighted by Gasteiger charge is 2.24. The molecule has 2 aliphatic rings. The zero-order valence-corrected chi connectivity index (χ0v) is 13.3. The molecule has 0 radical (unpaired) electrons. The van der Waals surface area contributed by atoms with E-state index in [0.717, 1.165) is 18.2 Å². The van der Waals surface area contributed by atoms with Gasteiger partial charge in [0, 0.05) is 6.04 Å². The first kappa shape index (κ1) is 14.9. The molecule has 116 valence electrons. The highest BCUT2D eigenvalue weighted by Crippen LogP contribution is 2.33. The molecule has 3 rings (SSSR count). The SMILES string of the molecule is CCNC(CC1CCCCC1)c1cccc(OC2CC2)c1. The fourth-order valence-electron chi connectivity index (χ4n) is 3.52. The summed E-state index contributed by atoms with van der Waals surface area (Å²) >= 11 is 0. The predicted molar refractivity (Wildman–Crippen MR) is 87.7 cm³/mol. The van der Waals surface area contributed by atoms with E-state index in [1.165, 1.54) is 56.9 Å². The highest BCUT2D eigenvalue weighted by atomic mass is 16.5. The summed E-state index contributed by atoms with van der Waals surface area (Å²) in [5.74, 6) is 1.96. The summed E-state index contributed by atoms with van der Waals surface area (Å²) in [6.07, 6.45) is 11.3. The third kappa shape index (κ3) is 4.47. The largest absolute Gasteiger partial charge is 0.490 e. The van der Waals surface area contributed by atoms with Crippen LogP contribution in [-0.2, 0) is 0 Å². The molecule has 21 heavy (non-hydrogen) atoms. The van der Waals surface area contributed by atoms with Gasteiger partial charge in [0.05, 0.1) is 6.10 Å². The molecule has 2 heteroatoms. The van der Waals surface area contributed by atoms with Crippen LogP contribution in [0.25, 0.3) is 0 Å². The van der Waals surface area contributed by atoms with Gasteiger partial charge in [0.2, 0.25) is 0 Å². The van der Waals surface area contributed by atoms with Gasteiger partial charge in [-0.1, -0.05) is 51.2 Å². The Labute approximate surface area is 129 Å². The lowest BCUT2D eigenvalue weighted by Crippen LogP contribution is -2.24. The molecule has 0 amide bonds. The second-order valence-electron chi connectivity index (χ2n) is 6.74. The molecule has 1 atom stereocenters. The van der Waals surface area contributed by atoms with Gasteiger partial charge in [-0.2, -0.15) is 0 Å². The quantitative estimate of drug-likeness (QED) is 0.774. The average molecular weight is 287 g/mol. The van der Waals surface area contributed by atoms with E-state index < -0.39 is 0 Å². The van der Waals surface area contributed by atoms with Gasteiger partial charge in [-0.3, -0.25) is 0 Å². The van der Waals surface area contributed by atoms with E-state index in [9.17, 15) is 0 Å². The summed E-state index contributed by atoms with van der Waals surface area (Å²) in [6.45, 7) is 3.24. The van der Waals surface area contributed by atoms with Gasteiger partial charge >= 0.3 is 0 Å². The number of ether oxygens (including phenoxy) is 1. The van der Waals surface area contributed by atoms with E-state index in [1.807, 2.05) is 0 Å².